The van der Waals surface area contributed by atoms with Crippen molar-refractivity contribution in [1.29, 1.82) is 0 Å². The van der Waals surface area contributed by atoms with Gasteiger partial charge in [0.25, 0.3) is 0 Å². The summed E-state index contributed by atoms with van der Waals surface area (Å²) < 4.78 is 5.38. The zero-order valence-corrected chi connectivity index (χ0v) is 10.2. The molecule has 0 aliphatic heterocycles. The van der Waals surface area contributed by atoms with Crippen LogP contribution in [0.25, 0.3) is 11.1 Å². The predicted molar refractivity (Wildman–Crippen MR) is 68.1 cm³/mol. The van der Waals surface area contributed by atoms with E-state index < -0.39 is 5.54 Å². The number of hydrogen-bond acceptors (Lipinski definition) is 4. The molecule has 2 aromatic rings. The van der Waals surface area contributed by atoms with Crippen LogP contribution < -0.4 is 11.1 Å². The maximum atomic E-state index is 12.0. The molecule has 1 amide bonds. The molecule has 5 nitrogen and oxygen atoms in total. The molecule has 0 saturated heterocycles. The van der Waals surface area contributed by atoms with Gasteiger partial charge in [0.05, 0.1) is 5.54 Å². The first-order valence-electron chi connectivity index (χ1n) is 6.04. The number of fused-ring (bicyclic) bond motifs is 1. The van der Waals surface area contributed by atoms with E-state index in [-0.39, 0.29) is 5.91 Å². The van der Waals surface area contributed by atoms with Gasteiger partial charge in [0.1, 0.15) is 5.52 Å². The van der Waals surface area contributed by atoms with E-state index >= 15 is 0 Å². The summed E-state index contributed by atoms with van der Waals surface area (Å²) in [6.45, 7) is 1.79. The molecule has 94 valence electrons. The Labute approximate surface area is 104 Å². The van der Waals surface area contributed by atoms with Crippen LogP contribution in [0.5, 0.6) is 0 Å². The molecule has 0 atom stereocenters. The highest BCUT2D eigenvalue weighted by atomic mass is 16.3. The highest BCUT2D eigenvalue weighted by molar-refractivity contribution is 5.99. The van der Waals surface area contributed by atoms with Gasteiger partial charge in [0, 0.05) is 12.6 Å². The number of carbonyl (C=O) groups excluding carboxylic acids is 1. The van der Waals surface area contributed by atoms with E-state index in [1.807, 2.05) is 0 Å². The maximum Gasteiger partial charge on any atom is 0.244 e. The number of nitrogens with one attached hydrogen (secondary N) is 1. The molecule has 1 aliphatic carbocycles. The van der Waals surface area contributed by atoms with Crippen LogP contribution in [-0.4, -0.2) is 16.4 Å². The van der Waals surface area contributed by atoms with Crippen LogP contribution in [-0.2, 0) is 4.79 Å². The van der Waals surface area contributed by atoms with E-state index in [1.165, 1.54) is 0 Å². The molecule has 0 bridgehead atoms. The minimum Gasteiger partial charge on any atom is -0.441 e. The Morgan fingerprint density at radius 2 is 2.28 bits per heavy atom. The maximum absolute atomic E-state index is 12.0. The van der Waals surface area contributed by atoms with Crippen molar-refractivity contribution >= 4 is 22.7 Å². The van der Waals surface area contributed by atoms with Gasteiger partial charge < -0.3 is 15.5 Å². The van der Waals surface area contributed by atoms with E-state index in [4.69, 9.17) is 10.2 Å². The number of nitrogens with zero attached hydrogens (tertiary/aromatic N) is 1. The highest BCUT2D eigenvalue weighted by Crippen LogP contribution is 2.30. The second-order valence-corrected chi connectivity index (χ2v) is 4.88. The average Bonchev–Trinajstić information content (AvgIpc) is 2.65. The predicted octanol–water partition coefficient (Wildman–Crippen LogP) is 1.96. The van der Waals surface area contributed by atoms with Crippen LogP contribution >= 0.6 is 0 Å². The van der Waals surface area contributed by atoms with Gasteiger partial charge in [-0.1, -0.05) is 0 Å². The van der Waals surface area contributed by atoms with Crippen molar-refractivity contribution in [2.24, 2.45) is 5.73 Å². The lowest BCUT2D eigenvalue weighted by atomic mass is 9.77. The Hall–Kier alpha value is -1.88. The molecular formula is C13H15N3O2. The first-order chi connectivity index (χ1) is 8.57. The minimum atomic E-state index is -0.686. The molecule has 3 N–H and O–H groups in total. The summed E-state index contributed by atoms with van der Waals surface area (Å²) >= 11 is 0. The number of aryl methyl sites for hydroxylation is 1. The van der Waals surface area contributed by atoms with Crippen LogP contribution in [0.3, 0.4) is 0 Å². The Kier molecular flexibility index (Phi) is 2.38. The van der Waals surface area contributed by atoms with Crippen LogP contribution in [0.1, 0.15) is 25.2 Å². The summed E-state index contributed by atoms with van der Waals surface area (Å²) in [5.41, 5.74) is 7.44. The third-order valence-electron chi connectivity index (χ3n) is 3.45. The number of anilines is 1. The van der Waals surface area contributed by atoms with Crippen molar-refractivity contribution in [1.82, 2.24) is 4.98 Å². The molecule has 1 saturated carbocycles. The van der Waals surface area contributed by atoms with Crippen molar-refractivity contribution in [3.05, 3.63) is 24.1 Å². The molecule has 0 radical (unpaired) electrons. The summed E-state index contributed by atoms with van der Waals surface area (Å²) in [5.74, 6) is 0.496. The Morgan fingerprint density at radius 1 is 1.50 bits per heavy atom. The van der Waals surface area contributed by atoms with Gasteiger partial charge in [-0.3, -0.25) is 4.79 Å². The van der Waals surface area contributed by atoms with Crippen molar-refractivity contribution in [3.8, 4) is 0 Å². The van der Waals surface area contributed by atoms with Gasteiger partial charge in [-0.05, 0) is 37.5 Å². The summed E-state index contributed by atoms with van der Waals surface area (Å²) in [5, 5.41) is 2.84. The first-order valence-corrected chi connectivity index (χ1v) is 6.04. The number of benzene rings is 1. The molecule has 1 aliphatic rings. The molecule has 1 aromatic heterocycles. The lowest BCUT2D eigenvalue weighted by molar-refractivity contribution is -0.123. The Balaban J connectivity index is 1.84. The Morgan fingerprint density at radius 3 is 2.94 bits per heavy atom. The smallest absolute Gasteiger partial charge is 0.244 e. The van der Waals surface area contributed by atoms with E-state index in [0.717, 1.165) is 30.4 Å². The standard InChI is InChI=1S/C13H15N3O2/c1-8-15-10-7-9(3-4-11(10)18-8)16-12(17)13(14)5-2-6-13/h3-4,7H,2,5-6,14H2,1H3,(H,16,17). The Bertz CT molecular complexity index is 614. The van der Waals surface area contributed by atoms with Gasteiger partial charge in [-0.25, -0.2) is 4.98 Å². The van der Waals surface area contributed by atoms with E-state index in [9.17, 15) is 4.79 Å². The van der Waals surface area contributed by atoms with Crippen molar-refractivity contribution < 1.29 is 9.21 Å². The van der Waals surface area contributed by atoms with Crippen LogP contribution in [0.2, 0.25) is 0 Å². The van der Waals surface area contributed by atoms with Gasteiger partial charge >= 0.3 is 0 Å². The fourth-order valence-electron chi connectivity index (χ4n) is 2.16. The number of aromatic nitrogens is 1. The van der Waals surface area contributed by atoms with Gasteiger partial charge in [0.15, 0.2) is 11.5 Å². The number of amides is 1. The summed E-state index contributed by atoms with van der Waals surface area (Å²) in [6.07, 6.45) is 2.53. The van der Waals surface area contributed by atoms with E-state index in [2.05, 4.69) is 10.3 Å². The minimum absolute atomic E-state index is 0.117. The lowest BCUT2D eigenvalue weighted by Gasteiger charge is -2.36. The zero-order chi connectivity index (χ0) is 12.8. The number of carbonyl (C=O) groups is 1. The van der Waals surface area contributed by atoms with Crippen LogP contribution in [0.15, 0.2) is 22.6 Å². The van der Waals surface area contributed by atoms with Gasteiger partial charge in [-0.15, -0.1) is 0 Å². The van der Waals surface area contributed by atoms with E-state index in [1.54, 1.807) is 25.1 Å². The fraction of sp³-hybridized carbons (Fsp3) is 0.385. The van der Waals surface area contributed by atoms with Crippen LogP contribution in [0.4, 0.5) is 5.69 Å². The van der Waals surface area contributed by atoms with Gasteiger partial charge in [0.2, 0.25) is 5.91 Å². The molecule has 5 heteroatoms. The molecule has 18 heavy (non-hydrogen) atoms. The summed E-state index contributed by atoms with van der Waals surface area (Å²) in [6, 6.07) is 5.40. The summed E-state index contributed by atoms with van der Waals surface area (Å²) in [7, 11) is 0. The van der Waals surface area contributed by atoms with Gasteiger partial charge in [-0.2, -0.15) is 0 Å². The fourth-order valence-corrected chi connectivity index (χ4v) is 2.16. The van der Waals surface area contributed by atoms with Crippen molar-refractivity contribution in [2.45, 2.75) is 31.7 Å². The topological polar surface area (TPSA) is 81.2 Å². The quantitative estimate of drug-likeness (QED) is 0.847. The molecule has 1 aromatic carbocycles. The molecule has 0 unspecified atom stereocenters. The van der Waals surface area contributed by atoms with Crippen molar-refractivity contribution in [3.63, 3.8) is 0 Å². The highest BCUT2D eigenvalue weighted by Gasteiger charge is 2.40. The molecule has 1 fully saturated rings. The molecule has 3 rings (SSSR count). The molecular weight excluding hydrogens is 230 g/mol. The number of rotatable bonds is 2. The molecule has 1 heterocycles. The van der Waals surface area contributed by atoms with E-state index in [0.29, 0.717) is 11.6 Å². The summed E-state index contributed by atoms with van der Waals surface area (Å²) in [4.78, 5) is 16.2. The SMILES string of the molecule is Cc1nc2cc(NC(=O)C3(N)CCC3)ccc2o1. The second kappa shape index (κ2) is 3.81. The zero-order valence-electron chi connectivity index (χ0n) is 10.2. The third-order valence-corrected chi connectivity index (χ3v) is 3.45. The first kappa shape index (κ1) is 11.2. The number of nitrogens with two attached hydrogens (primary N) is 1. The molecule has 0 spiro atoms. The monoisotopic (exact) mass is 245 g/mol. The lowest BCUT2D eigenvalue weighted by Crippen LogP contribution is -2.56. The third kappa shape index (κ3) is 1.76. The second-order valence-electron chi connectivity index (χ2n) is 4.88. The normalized spacial score (nSPS) is 17.4. The van der Waals surface area contributed by atoms with Crippen LogP contribution in [0, 0.1) is 6.92 Å². The van der Waals surface area contributed by atoms with Crippen molar-refractivity contribution in [2.75, 3.05) is 5.32 Å². The number of oxazole rings is 1. The average molecular weight is 245 g/mol. The largest absolute Gasteiger partial charge is 0.441 e. The number of hydrogen-bond donors (Lipinski definition) is 2.